The zero-order valence-corrected chi connectivity index (χ0v) is 18.3. The Bertz CT molecular complexity index is 1020. The summed E-state index contributed by atoms with van der Waals surface area (Å²) in [6.07, 6.45) is 1.08. The van der Waals surface area contributed by atoms with Crippen molar-refractivity contribution >= 4 is 29.4 Å². The minimum atomic E-state index is -0.668. The molecule has 5 nitrogen and oxygen atoms in total. The van der Waals surface area contributed by atoms with Crippen molar-refractivity contribution in [2.24, 2.45) is 0 Å². The topological polar surface area (TPSA) is 63.7 Å². The number of hydrogen-bond acceptors (Lipinski definition) is 5. The maximum absolute atomic E-state index is 12.9. The van der Waals surface area contributed by atoms with E-state index in [1.54, 1.807) is 16.7 Å². The molecule has 0 aromatic heterocycles. The van der Waals surface area contributed by atoms with Crippen molar-refractivity contribution in [1.29, 1.82) is 0 Å². The molecule has 0 saturated carbocycles. The van der Waals surface area contributed by atoms with Crippen LogP contribution in [0.1, 0.15) is 45.5 Å². The van der Waals surface area contributed by atoms with Gasteiger partial charge in [-0.2, -0.15) is 0 Å². The maximum atomic E-state index is 12.9. The fourth-order valence-corrected chi connectivity index (χ4v) is 6.02. The highest BCUT2D eigenvalue weighted by Crippen LogP contribution is 2.54. The van der Waals surface area contributed by atoms with E-state index in [-0.39, 0.29) is 18.3 Å². The van der Waals surface area contributed by atoms with Crippen LogP contribution in [0.15, 0.2) is 42.5 Å². The number of carbonyl (C=O) groups is 3. The minimum absolute atomic E-state index is 0.0397. The van der Waals surface area contributed by atoms with E-state index in [1.807, 2.05) is 63.2 Å². The lowest BCUT2D eigenvalue weighted by atomic mass is 9.98. The summed E-state index contributed by atoms with van der Waals surface area (Å²) in [7, 11) is 0. The Kier molecular flexibility index (Phi) is 5.45. The number of ether oxygens (including phenoxy) is 1. The summed E-state index contributed by atoms with van der Waals surface area (Å²) >= 11 is 1.61. The van der Waals surface area contributed by atoms with Crippen molar-refractivity contribution in [1.82, 2.24) is 4.90 Å². The molecule has 0 bridgehead atoms. The van der Waals surface area contributed by atoms with Crippen molar-refractivity contribution in [2.75, 3.05) is 12.4 Å². The summed E-state index contributed by atoms with van der Waals surface area (Å²) in [5, 5.41) is 0. The van der Waals surface area contributed by atoms with E-state index in [0.29, 0.717) is 24.2 Å². The van der Waals surface area contributed by atoms with Crippen molar-refractivity contribution < 1.29 is 19.1 Å². The summed E-state index contributed by atoms with van der Waals surface area (Å²) in [5.41, 5.74) is 4.61. The average Bonchev–Trinajstić information content (AvgIpc) is 3.28. The van der Waals surface area contributed by atoms with Gasteiger partial charge in [-0.3, -0.25) is 9.59 Å². The molecule has 2 heterocycles. The molecule has 0 radical (unpaired) electrons. The van der Waals surface area contributed by atoms with Crippen LogP contribution in [0.3, 0.4) is 0 Å². The van der Waals surface area contributed by atoms with Gasteiger partial charge in [0.15, 0.2) is 6.61 Å². The molecule has 2 aromatic rings. The number of benzene rings is 2. The number of carbonyl (C=O) groups excluding carboxylic acids is 3. The number of esters is 1. The van der Waals surface area contributed by atoms with Gasteiger partial charge in [0.1, 0.15) is 10.9 Å². The standard InChI is InChI=1S/C24H25NO4S/c1-15-11-17(3)19(12-16(15)2)21(26)13-29-23(28)20-14-30-24(10-9-22(27)25(20)24)18-7-5-4-6-8-18/h4-8,11-12,20H,9-10,13-14H2,1-3H3/t20-,24+/m1/s1. The van der Waals surface area contributed by atoms with E-state index >= 15 is 0 Å². The Morgan fingerprint density at radius 2 is 1.80 bits per heavy atom. The van der Waals surface area contributed by atoms with Crippen molar-refractivity contribution in [3.8, 4) is 0 Å². The molecule has 0 aliphatic carbocycles. The minimum Gasteiger partial charge on any atom is -0.456 e. The van der Waals surface area contributed by atoms with E-state index < -0.39 is 16.9 Å². The van der Waals surface area contributed by atoms with Gasteiger partial charge >= 0.3 is 5.97 Å². The second-order valence-corrected chi connectivity index (χ2v) is 9.32. The molecule has 2 aliphatic heterocycles. The number of rotatable bonds is 5. The van der Waals surface area contributed by atoms with E-state index in [1.165, 1.54) is 0 Å². The molecular weight excluding hydrogens is 398 g/mol. The van der Waals surface area contributed by atoms with Gasteiger partial charge in [0.2, 0.25) is 11.7 Å². The molecule has 6 heteroatoms. The van der Waals surface area contributed by atoms with Crippen LogP contribution in [0.4, 0.5) is 0 Å². The first kappa shape index (κ1) is 20.7. The van der Waals surface area contributed by atoms with Gasteiger partial charge in [-0.05, 0) is 55.5 Å². The number of Topliss-reactive ketones (excluding diaryl/α,β-unsaturated/α-hetero) is 1. The zero-order chi connectivity index (χ0) is 21.5. The summed E-state index contributed by atoms with van der Waals surface area (Å²) in [5.74, 6) is -0.305. The van der Waals surface area contributed by atoms with Crippen LogP contribution in [0.25, 0.3) is 0 Å². The van der Waals surface area contributed by atoms with Crippen LogP contribution in [0.2, 0.25) is 0 Å². The first-order valence-electron chi connectivity index (χ1n) is 10.1. The van der Waals surface area contributed by atoms with Gasteiger partial charge in [-0.25, -0.2) is 4.79 Å². The fraction of sp³-hybridized carbons (Fsp3) is 0.375. The van der Waals surface area contributed by atoms with E-state index in [4.69, 9.17) is 4.74 Å². The molecule has 4 rings (SSSR count). The molecule has 156 valence electrons. The molecule has 2 atom stereocenters. The fourth-order valence-electron chi connectivity index (χ4n) is 4.39. The van der Waals surface area contributed by atoms with Gasteiger partial charge in [0, 0.05) is 17.7 Å². The summed E-state index contributed by atoms with van der Waals surface area (Å²) in [6.45, 7) is 5.52. The Balaban J connectivity index is 1.49. The highest BCUT2D eigenvalue weighted by Gasteiger charge is 2.57. The maximum Gasteiger partial charge on any atom is 0.330 e. The summed E-state index contributed by atoms with van der Waals surface area (Å²) < 4.78 is 5.41. The number of ketones is 1. The Morgan fingerprint density at radius 1 is 1.10 bits per heavy atom. The molecule has 2 aliphatic rings. The van der Waals surface area contributed by atoms with Crippen LogP contribution in [0, 0.1) is 20.8 Å². The smallest absolute Gasteiger partial charge is 0.330 e. The number of thioether (sulfide) groups is 1. The first-order chi connectivity index (χ1) is 14.3. The lowest BCUT2D eigenvalue weighted by molar-refractivity contribution is -0.152. The third kappa shape index (κ3) is 3.43. The molecule has 2 fully saturated rings. The van der Waals surface area contributed by atoms with Gasteiger partial charge in [-0.1, -0.05) is 36.4 Å². The number of aryl methyl sites for hydroxylation is 3. The molecule has 0 spiro atoms. The Labute approximate surface area is 180 Å². The first-order valence-corrected chi connectivity index (χ1v) is 11.1. The molecule has 2 aromatic carbocycles. The van der Waals surface area contributed by atoms with E-state index in [9.17, 15) is 14.4 Å². The zero-order valence-electron chi connectivity index (χ0n) is 17.4. The number of nitrogens with zero attached hydrogens (tertiary/aromatic N) is 1. The summed E-state index contributed by atoms with van der Waals surface area (Å²) in [4.78, 5) is 39.4. The molecule has 1 amide bonds. The Hall–Kier alpha value is -2.60. The number of amides is 1. The van der Waals surface area contributed by atoms with Gasteiger partial charge in [0.25, 0.3) is 0 Å². The predicted octanol–water partition coefficient (Wildman–Crippen LogP) is 3.93. The van der Waals surface area contributed by atoms with E-state index in [0.717, 1.165) is 22.3 Å². The second kappa shape index (κ2) is 7.91. The van der Waals surface area contributed by atoms with Gasteiger partial charge < -0.3 is 9.64 Å². The summed E-state index contributed by atoms with van der Waals surface area (Å²) in [6, 6.07) is 13.0. The highest BCUT2D eigenvalue weighted by molar-refractivity contribution is 8.00. The number of fused-ring (bicyclic) bond motifs is 1. The Morgan fingerprint density at radius 3 is 2.53 bits per heavy atom. The second-order valence-electron chi connectivity index (χ2n) is 8.02. The number of hydrogen-bond donors (Lipinski definition) is 0. The molecule has 2 saturated heterocycles. The van der Waals surface area contributed by atoms with Crippen LogP contribution in [-0.2, 0) is 19.2 Å². The largest absolute Gasteiger partial charge is 0.456 e. The lowest BCUT2D eigenvalue weighted by Gasteiger charge is -2.33. The van der Waals surface area contributed by atoms with Crippen molar-refractivity contribution in [3.63, 3.8) is 0 Å². The van der Waals surface area contributed by atoms with Crippen molar-refractivity contribution in [3.05, 3.63) is 70.3 Å². The lowest BCUT2D eigenvalue weighted by Crippen LogP contribution is -2.47. The SMILES string of the molecule is Cc1cc(C)c(C(=O)COC(=O)[C@H]2CS[C@]3(c4ccccc4)CCC(=O)N23)cc1C. The quantitative estimate of drug-likeness (QED) is 0.539. The average molecular weight is 424 g/mol. The molecule has 30 heavy (non-hydrogen) atoms. The third-order valence-electron chi connectivity index (χ3n) is 6.11. The predicted molar refractivity (Wildman–Crippen MR) is 116 cm³/mol. The van der Waals surface area contributed by atoms with E-state index in [2.05, 4.69) is 0 Å². The van der Waals surface area contributed by atoms with Crippen LogP contribution < -0.4 is 0 Å². The normalized spacial score (nSPS) is 22.8. The van der Waals surface area contributed by atoms with Gasteiger partial charge in [-0.15, -0.1) is 11.8 Å². The van der Waals surface area contributed by atoms with Crippen LogP contribution in [0.5, 0.6) is 0 Å². The molecule has 0 N–H and O–H groups in total. The monoisotopic (exact) mass is 423 g/mol. The molecule has 0 unspecified atom stereocenters. The van der Waals surface area contributed by atoms with Gasteiger partial charge in [0.05, 0.1) is 0 Å². The highest BCUT2D eigenvalue weighted by atomic mass is 32.2. The molecular formula is C24H25NO4S. The van der Waals surface area contributed by atoms with Crippen LogP contribution >= 0.6 is 11.8 Å². The van der Waals surface area contributed by atoms with Crippen molar-refractivity contribution in [2.45, 2.75) is 44.5 Å². The third-order valence-corrected chi connectivity index (χ3v) is 7.71. The van der Waals surface area contributed by atoms with Crippen LogP contribution in [-0.4, -0.2) is 41.0 Å².